The number of piperazine rings is 1. The van der Waals surface area contributed by atoms with Crippen LogP contribution in [0.1, 0.15) is 28.9 Å². The normalized spacial score (nSPS) is 15.1. The molecule has 0 aliphatic carbocycles. The number of aryl methyl sites for hydroxylation is 2. The van der Waals surface area contributed by atoms with Crippen LogP contribution in [0, 0.1) is 20.8 Å². The largest absolute Gasteiger partial charge is 0.323 e. The first-order valence-corrected chi connectivity index (χ1v) is 11.4. The molecule has 1 aromatic heterocycles. The predicted octanol–water partition coefficient (Wildman–Crippen LogP) is 3.94. The quantitative estimate of drug-likeness (QED) is 0.616. The first-order valence-electron chi connectivity index (χ1n) is 11.4. The number of nitrogens with one attached hydrogen (secondary N) is 1. The van der Waals surface area contributed by atoms with Crippen molar-refractivity contribution in [3.8, 4) is 5.69 Å². The lowest BCUT2D eigenvalue weighted by Crippen LogP contribution is -2.46. The lowest BCUT2D eigenvalue weighted by Gasteiger charge is -2.34. The van der Waals surface area contributed by atoms with Gasteiger partial charge in [0.2, 0.25) is 5.91 Å². The fourth-order valence-electron chi connectivity index (χ4n) is 4.31. The van der Waals surface area contributed by atoms with Crippen LogP contribution in [0.5, 0.6) is 0 Å². The molecule has 6 nitrogen and oxygen atoms in total. The lowest BCUT2D eigenvalue weighted by molar-refractivity contribution is -0.116. The third kappa shape index (κ3) is 5.26. The van der Waals surface area contributed by atoms with Crippen molar-refractivity contribution in [1.82, 2.24) is 19.6 Å². The van der Waals surface area contributed by atoms with Gasteiger partial charge >= 0.3 is 0 Å². The summed E-state index contributed by atoms with van der Waals surface area (Å²) >= 11 is 0. The molecule has 1 fully saturated rings. The molecule has 0 spiro atoms. The number of carbonyl (C=O) groups excluding carboxylic acids is 1. The molecule has 1 amide bonds. The molecule has 6 heteroatoms. The van der Waals surface area contributed by atoms with Gasteiger partial charge in [-0.05, 0) is 44.0 Å². The highest BCUT2D eigenvalue weighted by Crippen LogP contribution is 2.23. The fraction of sp³-hybridized carbons (Fsp3) is 0.385. The molecule has 1 aliphatic rings. The van der Waals surface area contributed by atoms with Crippen LogP contribution in [0.3, 0.4) is 0 Å². The summed E-state index contributed by atoms with van der Waals surface area (Å²) in [5, 5.41) is 7.71. The summed E-state index contributed by atoms with van der Waals surface area (Å²) < 4.78 is 1.89. The third-order valence-corrected chi connectivity index (χ3v) is 6.33. The third-order valence-electron chi connectivity index (χ3n) is 6.33. The van der Waals surface area contributed by atoms with E-state index in [1.165, 1.54) is 11.1 Å². The number of nitrogens with zero attached hydrogens (tertiary/aromatic N) is 4. The second-order valence-electron chi connectivity index (χ2n) is 8.64. The molecule has 0 unspecified atom stereocenters. The molecule has 1 aliphatic heterocycles. The molecule has 32 heavy (non-hydrogen) atoms. The van der Waals surface area contributed by atoms with Crippen molar-refractivity contribution in [2.45, 2.75) is 33.7 Å². The van der Waals surface area contributed by atoms with E-state index in [0.29, 0.717) is 6.42 Å². The Bertz CT molecular complexity index is 1050. The number of rotatable bonds is 7. The van der Waals surface area contributed by atoms with E-state index in [0.717, 1.165) is 62.0 Å². The maximum atomic E-state index is 12.7. The Balaban J connectivity index is 1.26. The summed E-state index contributed by atoms with van der Waals surface area (Å²) in [4.78, 5) is 17.6. The van der Waals surface area contributed by atoms with E-state index in [-0.39, 0.29) is 5.91 Å². The minimum Gasteiger partial charge on any atom is -0.323 e. The van der Waals surface area contributed by atoms with Crippen molar-refractivity contribution in [3.63, 3.8) is 0 Å². The Hall–Kier alpha value is -2.96. The first-order chi connectivity index (χ1) is 15.5. The van der Waals surface area contributed by atoms with E-state index in [1.54, 1.807) is 0 Å². The molecule has 168 valence electrons. The molecule has 0 radical (unpaired) electrons. The number of carbonyl (C=O) groups is 1. The lowest BCUT2D eigenvalue weighted by atomic mass is 10.1. The van der Waals surface area contributed by atoms with E-state index in [9.17, 15) is 4.79 Å². The molecule has 2 aromatic carbocycles. The maximum absolute atomic E-state index is 12.7. The highest BCUT2D eigenvalue weighted by Gasteiger charge is 2.19. The zero-order valence-corrected chi connectivity index (χ0v) is 19.3. The van der Waals surface area contributed by atoms with Crippen LogP contribution in [0.2, 0.25) is 0 Å². The number of benzene rings is 2. The number of hydrogen-bond acceptors (Lipinski definition) is 4. The first kappa shape index (κ1) is 22.2. The summed E-state index contributed by atoms with van der Waals surface area (Å²) in [5.41, 5.74) is 6.37. The van der Waals surface area contributed by atoms with Gasteiger partial charge in [-0.2, -0.15) is 5.10 Å². The van der Waals surface area contributed by atoms with Crippen LogP contribution in [0.15, 0.2) is 54.6 Å². The highest BCUT2D eigenvalue weighted by atomic mass is 16.1. The van der Waals surface area contributed by atoms with Gasteiger partial charge < -0.3 is 10.2 Å². The van der Waals surface area contributed by atoms with Gasteiger partial charge in [-0.25, -0.2) is 4.68 Å². The van der Waals surface area contributed by atoms with Crippen molar-refractivity contribution >= 4 is 11.6 Å². The summed E-state index contributed by atoms with van der Waals surface area (Å²) in [5.74, 6) is 0.0474. The topological polar surface area (TPSA) is 53.4 Å². The summed E-state index contributed by atoms with van der Waals surface area (Å²) in [6.07, 6.45) is 0.493. The highest BCUT2D eigenvalue weighted by molar-refractivity contribution is 5.92. The van der Waals surface area contributed by atoms with Gasteiger partial charge in [-0.3, -0.25) is 9.69 Å². The summed E-state index contributed by atoms with van der Waals surface area (Å²) in [7, 11) is 0. The Kier molecular flexibility index (Phi) is 7.02. The van der Waals surface area contributed by atoms with Crippen LogP contribution >= 0.6 is 0 Å². The average molecular weight is 432 g/mol. The van der Waals surface area contributed by atoms with E-state index in [1.807, 2.05) is 48.9 Å². The van der Waals surface area contributed by atoms with Gasteiger partial charge in [-0.15, -0.1) is 0 Å². The molecule has 3 aromatic rings. The Morgan fingerprint density at radius 3 is 2.28 bits per heavy atom. The van der Waals surface area contributed by atoms with Gasteiger partial charge in [0.1, 0.15) is 0 Å². The second kappa shape index (κ2) is 10.1. The van der Waals surface area contributed by atoms with Crippen molar-refractivity contribution in [2.75, 3.05) is 38.0 Å². The maximum Gasteiger partial charge on any atom is 0.225 e. The van der Waals surface area contributed by atoms with E-state index >= 15 is 0 Å². The van der Waals surface area contributed by atoms with Gasteiger partial charge in [-0.1, -0.05) is 42.5 Å². The van der Waals surface area contributed by atoms with Crippen molar-refractivity contribution in [1.29, 1.82) is 0 Å². The molecular weight excluding hydrogens is 398 g/mol. The van der Waals surface area contributed by atoms with Crippen LogP contribution < -0.4 is 5.32 Å². The van der Waals surface area contributed by atoms with E-state index in [4.69, 9.17) is 0 Å². The predicted molar refractivity (Wildman–Crippen MR) is 129 cm³/mol. The average Bonchev–Trinajstić information content (AvgIpc) is 3.09. The van der Waals surface area contributed by atoms with Gasteiger partial charge in [0.15, 0.2) is 0 Å². The van der Waals surface area contributed by atoms with Gasteiger partial charge in [0.25, 0.3) is 0 Å². The number of para-hydroxylation sites is 1. The van der Waals surface area contributed by atoms with Crippen LogP contribution in [-0.2, 0) is 11.3 Å². The van der Waals surface area contributed by atoms with Gasteiger partial charge in [0, 0.05) is 45.7 Å². The Morgan fingerprint density at radius 2 is 1.56 bits per heavy atom. The number of hydrogen-bond donors (Lipinski definition) is 1. The molecular formula is C26H33N5O. The van der Waals surface area contributed by atoms with Crippen molar-refractivity contribution in [2.24, 2.45) is 0 Å². The second-order valence-corrected chi connectivity index (χ2v) is 8.64. The molecule has 1 N–H and O–H groups in total. The van der Waals surface area contributed by atoms with E-state index in [2.05, 4.69) is 51.4 Å². The van der Waals surface area contributed by atoms with Crippen LogP contribution in [0.25, 0.3) is 5.69 Å². The smallest absolute Gasteiger partial charge is 0.225 e. The minimum atomic E-state index is 0.0474. The van der Waals surface area contributed by atoms with Crippen LogP contribution in [0.4, 0.5) is 5.69 Å². The van der Waals surface area contributed by atoms with Crippen molar-refractivity contribution < 1.29 is 4.79 Å². The monoisotopic (exact) mass is 431 g/mol. The van der Waals surface area contributed by atoms with Crippen LogP contribution in [-0.4, -0.2) is 58.2 Å². The molecule has 0 atom stereocenters. The zero-order valence-electron chi connectivity index (χ0n) is 19.3. The molecule has 1 saturated heterocycles. The molecule has 0 saturated carbocycles. The van der Waals surface area contributed by atoms with Crippen molar-refractivity contribution in [3.05, 3.63) is 77.1 Å². The Morgan fingerprint density at radius 1 is 0.906 bits per heavy atom. The zero-order chi connectivity index (χ0) is 22.5. The summed E-state index contributed by atoms with van der Waals surface area (Å²) in [6, 6.07) is 18.6. The minimum absolute atomic E-state index is 0.0474. The van der Waals surface area contributed by atoms with E-state index < -0.39 is 0 Å². The standard InChI is InChI=1S/C26H33N5O/c1-20-9-7-8-10-23(20)19-30-17-15-29(16-18-30)14-13-25(32)27-26-21(2)28-31(22(26)3)24-11-5-4-6-12-24/h4-12H,13-19H2,1-3H3,(H,27,32). The Labute approximate surface area is 190 Å². The molecule has 2 heterocycles. The molecule has 0 bridgehead atoms. The fourth-order valence-corrected chi connectivity index (χ4v) is 4.31. The van der Waals surface area contributed by atoms with Gasteiger partial charge in [0.05, 0.1) is 22.8 Å². The summed E-state index contributed by atoms with van der Waals surface area (Å²) in [6.45, 7) is 12.0. The molecule has 4 rings (SSSR count). The number of anilines is 1. The number of aromatic nitrogens is 2. The number of amides is 1. The SMILES string of the molecule is Cc1ccccc1CN1CCN(CCC(=O)Nc2c(C)nn(-c3ccccc3)c2C)CC1.